The molecule has 2 atom stereocenters. The molecule has 2 unspecified atom stereocenters. The Morgan fingerprint density at radius 2 is 1.48 bits per heavy atom. The van der Waals surface area contributed by atoms with E-state index < -0.39 is 16.9 Å². The van der Waals surface area contributed by atoms with Gasteiger partial charge in [-0.25, -0.2) is 5.01 Å². The Morgan fingerprint density at radius 3 is 2.00 bits per heavy atom. The Morgan fingerprint density at radius 1 is 0.968 bits per heavy atom. The number of amides is 2. The maximum atomic E-state index is 13.5. The van der Waals surface area contributed by atoms with Crippen LogP contribution in [0.1, 0.15) is 29.0 Å². The number of halogens is 1. The first-order valence-corrected chi connectivity index (χ1v) is 11.5. The second-order valence-corrected chi connectivity index (χ2v) is 9.62. The number of hydrogen-bond acceptors (Lipinski definition) is 4. The number of nitrogens with zero attached hydrogens (tertiary/aromatic N) is 1. The van der Waals surface area contributed by atoms with E-state index in [0.717, 1.165) is 10.0 Å². The van der Waals surface area contributed by atoms with Crippen molar-refractivity contribution in [3.8, 4) is 0 Å². The first-order chi connectivity index (χ1) is 14.9. The van der Waals surface area contributed by atoms with Gasteiger partial charge >= 0.3 is 0 Å². The van der Waals surface area contributed by atoms with E-state index in [0.29, 0.717) is 11.1 Å². The van der Waals surface area contributed by atoms with Crippen molar-refractivity contribution in [2.75, 3.05) is 0 Å². The first-order valence-electron chi connectivity index (χ1n) is 9.80. The topological polar surface area (TPSA) is 69.6 Å². The van der Waals surface area contributed by atoms with Crippen molar-refractivity contribution in [1.29, 1.82) is 0 Å². The van der Waals surface area contributed by atoms with Gasteiger partial charge in [-0.3, -0.25) is 15.0 Å². The Kier molecular flexibility index (Phi) is 6.18. The van der Waals surface area contributed by atoms with Crippen molar-refractivity contribution in [1.82, 2.24) is 10.4 Å². The van der Waals surface area contributed by atoms with Crippen molar-refractivity contribution in [3.63, 3.8) is 0 Å². The summed E-state index contributed by atoms with van der Waals surface area (Å²) in [5, 5.41) is 12.3. The molecule has 4 rings (SSSR count). The summed E-state index contributed by atoms with van der Waals surface area (Å²) >= 11 is 4.87. The number of thioether (sulfide) groups is 1. The number of carbonyl (C=O) groups excluding carboxylic acids is 2. The van der Waals surface area contributed by atoms with Gasteiger partial charge in [0.05, 0.1) is 5.25 Å². The molecule has 1 saturated heterocycles. The van der Waals surface area contributed by atoms with Crippen molar-refractivity contribution in [3.05, 3.63) is 106 Å². The monoisotopic (exact) mass is 496 g/mol. The molecule has 0 radical (unpaired) electrons. The fourth-order valence-corrected chi connectivity index (χ4v) is 5.04. The zero-order valence-corrected chi connectivity index (χ0v) is 19.1. The van der Waals surface area contributed by atoms with Crippen LogP contribution in [0.4, 0.5) is 0 Å². The molecule has 3 aromatic rings. The summed E-state index contributed by atoms with van der Waals surface area (Å²) in [4.78, 5) is 26.4. The van der Waals surface area contributed by atoms with Gasteiger partial charge in [0, 0.05) is 4.47 Å². The zero-order valence-electron chi connectivity index (χ0n) is 16.7. The molecule has 1 heterocycles. The Balaban J connectivity index is 1.70. The van der Waals surface area contributed by atoms with Crippen LogP contribution in [-0.4, -0.2) is 27.2 Å². The van der Waals surface area contributed by atoms with Crippen LogP contribution in [0.3, 0.4) is 0 Å². The summed E-state index contributed by atoms with van der Waals surface area (Å²) in [6.45, 7) is 1.81. The lowest BCUT2D eigenvalue weighted by Crippen LogP contribution is -2.53. The van der Waals surface area contributed by atoms with Crippen molar-refractivity contribution in [2.24, 2.45) is 0 Å². The lowest BCUT2D eigenvalue weighted by Gasteiger charge is -2.32. The van der Waals surface area contributed by atoms with Crippen LogP contribution >= 0.6 is 27.7 Å². The molecule has 0 spiro atoms. The van der Waals surface area contributed by atoms with E-state index in [9.17, 15) is 14.7 Å². The van der Waals surface area contributed by atoms with E-state index in [1.807, 2.05) is 43.3 Å². The number of aliphatic hydroxyl groups is 1. The molecule has 0 aromatic heterocycles. The summed E-state index contributed by atoms with van der Waals surface area (Å²) in [6.07, 6.45) is 0. The minimum absolute atomic E-state index is 0.213. The van der Waals surface area contributed by atoms with Gasteiger partial charge in [0.2, 0.25) is 0 Å². The first kappa shape index (κ1) is 21.6. The molecule has 1 aliphatic rings. The van der Waals surface area contributed by atoms with Gasteiger partial charge in [-0.1, -0.05) is 88.7 Å². The van der Waals surface area contributed by atoms with Crippen LogP contribution in [0, 0.1) is 0 Å². The number of benzene rings is 3. The van der Waals surface area contributed by atoms with Crippen LogP contribution in [-0.2, 0) is 15.2 Å². The average Bonchev–Trinajstić information content (AvgIpc) is 3.08. The quantitative estimate of drug-likeness (QED) is 0.549. The van der Waals surface area contributed by atoms with Crippen LogP contribution in [0.5, 0.6) is 0 Å². The van der Waals surface area contributed by atoms with Crippen molar-refractivity contribution in [2.45, 2.75) is 23.1 Å². The third-order valence-corrected chi connectivity index (χ3v) is 7.12. The van der Waals surface area contributed by atoms with Gasteiger partial charge in [-0.05, 0) is 35.7 Å². The SMILES string of the molecule is CC1SC(c2ccc(Br)cc2)N(NC(=O)C(O)(c2ccccc2)c2ccccc2)C1=O. The van der Waals surface area contributed by atoms with E-state index >= 15 is 0 Å². The maximum Gasteiger partial charge on any atom is 0.279 e. The minimum atomic E-state index is -1.95. The summed E-state index contributed by atoms with van der Waals surface area (Å²) in [5.74, 6) is -0.898. The molecule has 2 amide bonds. The Hall–Kier alpha value is -2.61. The third-order valence-electron chi connectivity index (χ3n) is 5.24. The average molecular weight is 497 g/mol. The van der Waals surface area contributed by atoms with Gasteiger partial charge in [0.25, 0.3) is 11.8 Å². The number of carbonyl (C=O) groups is 2. The fourth-order valence-electron chi connectivity index (χ4n) is 3.57. The molecule has 1 fully saturated rings. The second kappa shape index (κ2) is 8.86. The summed E-state index contributed by atoms with van der Waals surface area (Å²) < 4.78 is 0.928. The molecule has 31 heavy (non-hydrogen) atoms. The van der Waals surface area contributed by atoms with Crippen LogP contribution in [0.15, 0.2) is 89.4 Å². The minimum Gasteiger partial charge on any atom is -0.372 e. The van der Waals surface area contributed by atoms with E-state index in [1.54, 1.807) is 48.5 Å². The lowest BCUT2D eigenvalue weighted by atomic mass is 9.85. The van der Waals surface area contributed by atoms with Gasteiger partial charge < -0.3 is 5.11 Å². The molecule has 0 bridgehead atoms. The molecule has 3 aromatic carbocycles. The largest absolute Gasteiger partial charge is 0.372 e. The van der Waals surface area contributed by atoms with Gasteiger partial charge in [-0.15, -0.1) is 11.8 Å². The molecule has 7 heteroatoms. The fraction of sp³-hybridized carbons (Fsp3) is 0.167. The molecule has 5 nitrogen and oxygen atoms in total. The number of rotatable bonds is 5. The number of hydrazine groups is 1. The van der Waals surface area contributed by atoms with E-state index in [2.05, 4.69) is 21.4 Å². The predicted molar refractivity (Wildman–Crippen MR) is 125 cm³/mol. The normalized spacial score (nSPS) is 18.8. The van der Waals surface area contributed by atoms with Gasteiger partial charge in [-0.2, -0.15) is 0 Å². The summed E-state index contributed by atoms with van der Waals surface area (Å²) in [7, 11) is 0. The molecule has 0 saturated carbocycles. The molecule has 2 N–H and O–H groups in total. The van der Waals surface area contributed by atoms with E-state index in [1.165, 1.54) is 16.8 Å². The molecule has 1 aliphatic heterocycles. The smallest absolute Gasteiger partial charge is 0.279 e. The third kappa shape index (κ3) is 4.13. The Bertz CT molecular complexity index is 1040. The van der Waals surface area contributed by atoms with Crippen LogP contribution < -0.4 is 5.43 Å². The second-order valence-electron chi connectivity index (χ2n) is 7.27. The number of hydrogen-bond donors (Lipinski definition) is 2. The lowest BCUT2D eigenvalue weighted by molar-refractivity contribution is -0.149. The highest BCUT2D eigenvalue weighted by Crippen LogP contribution is 2.42. The Labute approximate surface area is 193 Å². The highest BCUT2D eigenvalue weighted by atomic mass is 79.9. The maximum absolute atomic E-state index is 13.5. The standard InChI is InChI=1S/C24H21BrN2O3S/c1-16-21(28)27(22(31-16)17-12-14-20(25)15-13-17)26-23(29)24(30,18-8-4-2-5-9-18)19-10-6-3-7-11-19/h2-16,22,30H,1H3,(H,26,29). The summed E-state index contributed by atoms with van der Waals surface area (Å²) in [6, 6.07) is 25.1. The molecular weight excluding hydrogens is 476 g/mol. The van der Waals surface area contributed by atoms with Gasteiger partial charge in [0.15, 0.2) is 5.60 Å². The van der Waals surface area contributed by atoms with Crippen molar-refractivity contribution >= 4 is 39.5 Å². The highest BCUT2D eigenvalue weighted by Gasteiger charge is 2.45. The number of nitrogens with one attached hydrogen (secondary N) is 1. The molecule has 158 valence electrons. The van der Waals surface area contributed by atoms with E-state index in [-0.39, 0.29) is 11.2 Å². The van der Waals surface area contributed by atoms with Gasteiger partial charge in [0.1, 0.15) is 5.37 Å². The zero-order chi connectivity index (χ0) is 22.0. The summed E-state index contributed by atoms with van der Waals surface area (Å²) in [5.41, 5.74) is 2.50. The van der Waals surface area contributed by atoms with Crippen LogP contribution in [0.25, 0.3) is 0 Å². The van der Waals surface area contributed by atoms with Crippen LogP contribution in [0.2, 0.25) is 0 Å². The highest BCUT2D eigenvalue weighted by molar-refractivity contribution is 9.10. The van der Waals surface area contributed by atoms with Crippen molar-refractivity contribution < 1.29 is 14.7 Å². The predicted octanol–water partition coefficient (Wildman–Crippen LogP) is 4.38. The molecular formula is C24H21BrN2O3S. The van der Waals surface area contributed by atoms with E-state index in [4.69, 9.17) is 0 Å². The molecule has 0 aliphatic carbocycles.